The first kappa shape index (κ1) is 18.9. The maximum Gasteiger partial charge on any atom is 0.259 e. The predicted molar refractivity (Wildman–Crippen MR) is 110 cm³/mol. The van der Waals surface area contributed by atoms with Crippen LogP contribution in [0.1, 0.15) is 28.9 Å². The van der Waals surface area contributed by atoms with Gasteiger partial charge in [-0.1, -0.05) is 17.7 Å². The van der Waals surface area contributed by atoms with E-state index in [1.807, 2.05) is 29.2 Å². The Kier molecular flexibility index (Phi) is 5.31. The molecule has 0 N–H and O–H groups in total. The molecule has 1 saturated heterocycles. The molecule has 0 unspecified atom stereocenters. The van der Waals surface area contributed by atoms with Crippen LogP contribution >= 0.6 is 11.6 Å². The molecule has 1 amide bonds. The number of amides is 1. The lowest BCUT2D eigenvalue weighted by Crippen LogP contribution is -2.49. The summed E-state index contributed by atoms with van der Waals surface area (Å²) in [5.74, 6) is 0.341. The zero-order chi connectivity index (χ0) is 19.7. The third-order valence-corrected chi connectivity index (χ3v) is 5.84. The van der Waals surface area contributed by atoms with Gasteiger partial charge in [0.25, 0.3) is 11.5 Å². The van der Waals surface area contributed by atoms with Crippen molar-refractivity contribution in [2.45, 2.75) is 25.8 Å². The molecule has 0 spiro atoms. The van der Waals surface area contributed by atoms with Gasteiger partial charge in [0.1, 0.15) is 11.3 Å². The Hall–Kier alpha value is -2.47. The van der Waals surface area contributed by atoms with Crippen LogP contribution in [-0.4, -0.2) is 48.7 Å². The second-order valence-corrected chi connectivity index (χ2v) is 7.68. The highest BCUT2D eigenvalue weighted by molar-refractivity contribution is 6.30. The molecule has 2 aromatic rings. The van der Waals surface area contributed by atoms with E-state index in [2.05, 4.69) is 4.90 Å². The van der Waals surface area contributed by atoms with Gasteiger partial charge in [-0.2, -0.15) is 0 Å². The van der Waals surface area contributed by atoms with Crippen LogP contribution in [0.25, 0.3) is 0 Å². The van der Waals surface area contributed by atoms with Crippen LogP contribution in [0.5, 0.6) is 5.75 Å². The maximum atomic E-state index is 13.4. The zero-order valence-corrected chi connectivity index (χ0v) is 16.7. The number of rotatable bonds is 3. The van der Waals surface area contributed by atoms with E-state index in [-0.39, 0.29) is 11.5 Å². The van der Waals surface area contributed by atoms with Gasteiger partial charge >= 0.3 is 0 Å². The lowest BCUT2D eigenvalue weighted by molar-refractivity contribution is 0.0740. The monoisotopic (exact) mass is 401 g/mol. The third-order valence-electron chi connectivity index (χ3n) is 5.60. The predicted octanol–water partition coefficient (Wildman–Crippen LogP) is 2.81. The number of carbonyl (C=O) groups excluding carboxylic acids is 1. The minimum Gasteiger partial charge on any atom is -0.496 e. The fourth-order valence-corrected chi connectivity index (χ4v) is 4.31. The van der Waals surface area contributed by atoms with Gasteiger partial charge in [0.15, 0.2) is 0 Å². The zero-order valence-electron chi connectivity index (χ0n) is 16.0. The maximum absolute atomic E-state index is 13.4. The molecule has 0 aliphatic carbocycles. The van der Waals surface area contributed by atoms with Crippen LogP contribution in [0.4, 0.5) is 5.69 Å². The van der Waals surface area contributed by atoms with E-state index in [0.29, 0.717) is 36.0 Å². The van der Waals surface area contributed by atoms with Gasteiger partial charge in [-0.3, -0.25) is 9.59 Å². The first-order chi connectivity index (χ1) is 13.6. The van der Waals surface area contributed by atoms with E-state index >= 15 is 0 Å². The summed E-state index contributed by atoms with van der Waals surface area (Å²) in [5, 5.41) is 0.710. The van der Waals surface area contributed by atoms with Crippen LogP contribution < -0.4 is 15.2 Å². The lowest BCUT2D eigenvalue weighted by Gasteiger charge is -2.37. The molecule has 1 fully saturated rings. The standard InChI is InChI=1S/C21H24ClN3O3/c1-28-18-14-19(26)25-8-3-2-7-17(25)20(18)21(27)24-11-9-23(10-12-24)16-6-4-5-15(22)13-16/h4-6,13-14H,2-3,7-12H2,1H3. The molecule has 0 atom stereocenters. The molecule has 7 heteroatoms. The molecular formula is C21H24ClN3O3. The number of nitrogens with zero attached hydrogens (tertiary/aromatic N) is 3. The van der Waals surface area contributed by atoms with Crippen LogP contribution in [0.2, 0.25) is 5.02 Å². The molecule has 0 radical (unpaired) electrons. The Morgan fingerprint density at radius 1 is 1.07 bits per heavy atom. The third kappa shape index (κ3) is 3.49. The van der Waals surface area contributed by atoms with Crippen molar-refractivity contribution in [3.8, 4) is 5.75 Å². The fourth-order valence-electron chi connectivity index (χ4n) is 4.13. The Balaban J connectivity index is 1.57. The van der Waals surface area contributed by atoms with E-state index in [0.717, 1.165) is 43.7 Å². The number of hydrogen-bond donors (Lipinski definition) is 0. The smallest absolute Gasteiger partial charge is 0.259 e. The Labute approximate surface area is 169 Å². The SMILES string of the molecule is COc1cc(=O)n2c(c1C(=O)N1CCN(c3cccc(Cl)c3)CC1)CCCC2. The number of methoxy groups -OCH3 is 1. The van der Waals surface area contributed by atoms with Gasteiger partial charge in [0.05, 0.1) is 7.11 Å². The number of piperazine rings is 1. The van der Waals surface area contributed by atoms with Crippen molar-refractivity contribution in [2.24, 2.45) is 0 Å². The van der Waals surface area contributed by atoms with Gasteiger partial charge in [-0.15, -0.1) is 0 Å². The first-order valence-corrected chi connectivity index (χ1v) is 10.1. The Morgan fingerprint density at radius 3 is 2.57 bits per heavy atom. The van der Waals surface area contributed by atoms with Gasteiger partial charge in [0, 0.05) is 55.2 Å². The number of pyridine rings is 1. The van der Waals surface area contributed by atoms with E-state index in [1.54, 1.807) is 4.57 Å². The molecule has 3 heterocycles. The highest BCUT2D eigenvalue weighted by atomic mass is 35.5. The van der Waals surface area contributed by atoms with Crippen molar-refractivity contribution in [1.82, 2.24) is 9.47 Å². The number of ether oxygens (including phenoxy) is 1. The van der Waals surface area contributed by atoms with Gasteiger partial charge < -0.3 is 19.1 Å². The highest BCUT2D eigenvalue weighted by Crippen LogP contribution is 2.27. The molecule has 1 aromatic carbocycles. The number of anilines is 1. The topological polar surface area (TPSA) is 54.8 Å². The van der Waals surface area contributed by atoms with E-state index in [9.17, 15) is 9.59 Å². The number of fused-ring (bicyclic) bond motifs is 1. The summed E-state index contributed by atoms with van der Waals surface area (Å²) in [6, 6.07) is 9.23. The lowest BCUT2D eigenvalue weighted by atomic mass is 10.0. The Morgan fingerprint density at radius 2 is 1.86 bits per heavy atom. The van der Waals surface area contributed by atoms with Gasteiger partial charge in [-0.25, -0.2) is 0 Å². The fraction of sp³-hybridized carbons (Fsp3) is 0.429. The van der Waals surface area contributed by atoms with Crippen molar-refractivity contribution in [3.63, 3.8) is 0 Å². The van der Waals surface area contributed by atoms with Crippen molar-refractivity contribution < 1.29 is 9.53 Å². The minimum absolute atomic E-state index is 0.0479. The molecule has 2 aliphatic rings. The summed E-state index contributed by atoms with van der Waals surface area (Å²) in [5.41, 5.74) is 2.35. The summed E-state index contributed by atoms with van der Waals surface area (Å²) < 4.78 is 7.16. The molecule has 0 bridgehead atoms. The number of benzene rings is 1. The highest BCUT2D eigenvalue weighted by Gasteiger charge is 2.29. The average Bonchev–Trinajstić information content (AvgIpc) is 2.73. The quantitative estimate of drug-likeness (QED) is 0.793. The van der Waals surface area contributed by atoms with E-state index in [4.69, 9.17) is 16.3 Å². The molecule has 28 heavy (non-hydrogen) atoms. The van der Waals surface area contributed by atoms with Crippen LogP contribution in [-0.2, 0) is 13.0 Å². The number of halogens is 1. The van der Waals surface area contributed by atoms with E-state index < -0.39 is 0 Å². The van der Waals surface area contributed by atoms with Crippen molar-refractivity contribution in [3.05, 3.63) is 57.0 Å². The number of hydrogen-bond acceptors (Lipinski definition) is 4. The second-order valence-electron chi connectivity index (χ2n) is 7.24. The summed E-state index contributed by atoms with van der Waals surface area (Å²) >= 11 is 6.10. The van der Waals surface area contributed by atoms with Gasteiger partial charge in [0.2, 0.25) is 0 Å². The molecule has 6 nitrogen and oxygen atoms in total. The molecular weight excluding hydrogens is 378 g/mol. The summed E-state index contributed by atoms with van der Waals surface area (Å²) in [7, 11) is 1.52. The number of aromatic nitrogens is 1. The summed E-state index contributed by atoms with van der Waals surface area (Å²) in [6.45, 7) is 3.38. The van der Waals surface area contributed by atoms with Crippen LogP contribution in [0.3, 0.4) is 0 Å². The van der Waals surface area contributed by atoms with Crippen LogP contribution in [0.15, 0.2) is 35.1 Å². The molecule has 148 valence electrons. The van der Waals surface area contributed by atoms with Crippen molar-refractivity contribution in [1.29, 1.82) is 0 Å². The number of carbonyl (C=O) groups is 1. The van der Waals surface area contributed by atoms with Crippen molar-refractivity contribution >= 4 is 23.2 Å². The molecule has 4 rings (SSSR count). The molecule has 0 saturated carbocycles. The largest absolute Gasteiger partial charge is 0.496 e. The normalized spacial score (nSPS) is 16.6. The second kappa shape index (κ2) is 7.87. The summed E-state index contributed by atoms with van der Waals surface area (Å²) in [6.07, 6.45) is 2.68. The molecule has 2 aliphatic heterocycles. The first-order valence-electron chi connectivity index (χ1n) is 9.69. The summed E-state index contributed by atoms with van der Waals surface area (Å²) in [4.78, 5) is 29.8. The van der Waals surface area contributed by atoms with Crippen LogP contribution in [0, 0.1) is 0 Å². The van der Waals surface area contributed by atoms with Crippen molar-refractivity contribution in [2.75, 3.05) is 38.2 Å². The Bertz CT molecular complexity index is 948. The van der Waals surface area contributed by atoms with Gasteiger partial charge in [-0.05, 0) is 37.5 Å². The minimum atomic E-state index is -0.0890. The van der Waals surface area contributed by atoms with E-state index in [1.165, 1.54) is 13.2 Å². The average molecular weight is 402 g/mol. The molecule has 1 aromatic heterocycles.